The summed E-state index contributed by atoms with van der Waals surface area (Å²) in [5.74, 6) is 2.33. The van der Waals surface area contributed by atoms with Gasteiger partial charge in [0.25, 0.3) is 0 Å². The van der Waals surface area contributed by atoms with Crippen molar-refractivity contribution in [3.63, 3.8) is 0 Å². The zero-order chi connectivity index (χ0) is 18.6. The molecule has 1 fully saturated rings. The molecule has 1 saturated heterocycles. The van der Waals surface area contributed by atoms with Crippen LogP contribution in [0.25, 0.3) is 0 Å². The lowest BCUT2D eigenvalue weighted by molar-refractivity contribution is 0.161. The van der Waals surface area contributed by atoms with Crippen LogP contribution in [0.5, 0.6) is 5.75 Å². The average Bonchev–Trinajstić information content (AvgIpc) is 2.71. The molecule has 4 heteroatoms. The Hall–Kier alpha value is -1.71. The largest absolute Gasteiger partial charge is 0.497 e. The molecule has 1 N–H and O–H groups in total. The van der Waals surface area contributed by atoms with E-state index >= 15 is 0 Å². The first kappa shape index (κ1) is 18.6. The summed E-state index contributed by atoms with van der Waals surface area (Å²) in [7, 11) is 1.71. The highest BCUT2D eigenvalue weighted by Gasteiger charge is 2.24. The highest BCUT2D eigenvalue weighted by atomic mass is 35.5. The lowest BCUT2D eigenvalue weighted by atomic mass is 9.88. The number of ether oxygens (including phenoxy) is 1. The number of fused-ring (bicyclic) bond motifs is 1. The maximum Gasteiger partial charge on any atom is 0.119 e. The summed E-state index contributed by atoms with van der Waals surface area (Å²) in [6.45, 7) is 4.69. The summed E-state index contributed by atoms with van der Waals surface area (Å²) in [5, 5.41) is 4.47. The van der Waals surface area contributed by atoms with Crippen LogP contribution in [0, 0.1) is 11.8 Å². The lowest BCUT2D eigenvalue weighted by Crippen LogP contribution is -2.40. The number of rotatable bonds is 5. The van der Waals surface area contributed by atoms with Crippen LogP contribution in [0.2, 0.25) is 5.02 Å². The molecule has 4 rings (SSSR count). The molecule has 2 aliphatic rings. The van der Waals surface area contributed by atoms with Crippen LogP contribution < -0.4 is 10.1 Å². The molecule has 3 nitrogen and oxygen atoms in total. The zero-order valence-electron chi connectivity index (χ0n) is 16.1. The van der Waals surface area contributed by atoms with Gasteiger partial charge in [0, 0.05) is 23.8 Å². The molecule has 27 heavy (non-hydrogen) atoms. The molecule has 0 spiro atoms. The molecule has 0 aromatic heterocycles. The van der Waals surface area contributed by atoms with E-state index in [1.807, 2.05) is 12.1 Å². The van der Waals surface area contributed by atoms with Crippen LogP contribution in [0.1, 0.15) is 24.0 Å². The average molecular weight is 385 g/mol. The van der Waals surface area contributed by atoms with E-state index in [0.29, 0.717) is 5.92 Å². The van der Waals surface area contributed by atoms with E-state index in [9.17, 15) is 0 Å². The van der Waals surface area contributed by atoms with E-state index in [0.717, 1.165) is 29.7 Å². The first-order valence-corrected chi connectivity index (χ1v) is 10.5. The molecule has 1 unspecified atom stereocenters. The summed E-state index contributed by atoms with van der Waals surface area (Å²) in [6.07, 6.45) is 4.76. The van der Waals surface area contributed by atoms with E-state index < -0.39 is 0 Å². The zero-order valence-corrected chi connectivity index (χ0v) is 16.8. The first-order chi connectivity index (χ1) is 13.2. The monoisotopic (exact) mass is 384 g/mol. The fourth-order valence-corrected chi connectivity index (χ4v) is 4.72. The molecule has 0 amide bonds. The van der Waals surface area contributed by atoms with Crippen LogP contribution in [-0.4, -0.2) is 38.2 Å². The van der Waals surface area contributed by atoms with E-state index in [2.05, 4.69) is 40.5 Å². The molecule has 2 aliphatic heterocycles. The van der Waals surface area contributed by atoms with E-state index in [1.54, 1.807) is 7.11 Å². The number of hydrogen-bond donors (Lipinski definition) is 1. The molecule has 0 bridgehead atoms. The molecule has 0 radical (unpaired) electrons. The van der Waals surface area contributed by atoms with Crippen molar-refractivity contribution in [2.24, 2.45) is 11.8 Å². The van der Waals surface area contributed by atoms with Crippen molar-refractivity contribution in [3.8, 4) is 5.75 Å². The number of hydrogen-bond acceptors (Lipinski definition) is 3. The van der Waals surface area contributed by atoms with Gasteiger partial charge in [-0.3, -0.25) is 0 Å². The molecule has 2 heterocycles. The van der Waals surface area contributed by atoms with Crippen molar-refractivity contribution in [2.45, 2.75) is 25.7 Å². The minimum atomic E-state index is 0.712. The Morgan fingerprint density at radius 3 is 2.74 bits per heavy atom. The molecule has 144 valence electrons. The smallest absolute Gasteiger partial charge is 0.119 e. The number of methoxy groups -OCH3 is 1. The summed E-state index contributed by atoms with van der Waals surface area (Å²) >= 11 is 6.40. The topological polar surface area (TPSA) is 24.5 Å². The van der Waals surface area contributed by atoms with Gasteiger partial charge < -0.3 is 15.0 Å². The number of nitrogens with zero attached hydrogens (tertiary/aromatic N) is 1. The van der Waals surface area contributed by atoms with Gasteiger partial charge in [-0.15, -0.1) is 0 Å². The van der Waals surface area contributed by atoms with E-state index in [-0.39, 0.29) is 0 Å². The number of piperidine rings is 1. The van der Waals surface area contributed by atoms with Crippen molar-refractivity contribution in [1.82, 2.24) is 4.90 Å². The molecule has 2 aromatic rings. The maximum absolute atomic E-state index is 6.40. The van der Waals surface area contributed by atoms with Crippen molar-refractivity contribution >= 4 is 17.3 Å². The van der Waals surface area contributed by atoms with Crippen LogP contribution in [0.15, 0.2) is 42.5 Å². The van der Waals surface area contributed by atoms with E-state index in [4.69, 9.17) is 16.3 Å². The Kier molecular flexibility index (Phi) is 5.89. The number of benzene rings is 2. The van der Waals surface area contributed by atoms with Gasteiger partial charge in [-0.1, -0.05) is 29.8 Å². The number of anilines is 1. The molecule has 1 atom stereocenters. The van der Waals surface area contributed by atoms with Gasteiger partial charge in [0.05, 0.1) is 7.11 Å². The molecule has 0 aliphatic carbocycles. The van der Waals surface area contributed by atoms with Gasteiger partial charge in [0.15, 0.2) is 0 Å². The quantitative estimate of drug-likeness (QED) is 0.794. The Morgan fingerprint density at radius 2 is 1.93 bits per heavy atom. The van der Waals surface area contributed by atoms with Crippen molar-refractivity contribution < 1.29 is 4.74 Å². The predicted molar refractivity (Wildman–Crippen MR) is 113 cm³/mol. The fraction of sp³-hybridized carbons (Fsp3) is 0.478. The number of para-hydroxylation sites is 1. The highest BCUT2D eigenvalue weighted by Crippen LogP contribution is 2.30. The minimum absolute atomic E-state index is 0.712. The molecular formula is C23H29ClN2O. The van der Waals surface area contributed by atoms with Crippen LogP contribution in [0.3, 0.4) is 0 Å². The normalized spacial score (nSPS) is 20.7. The highest BCUT2D eigenvalue weighted by molar-refractivity contribution is 6.31. The second-order valence-electron chi connectivity index (χ2n) is 8.01. The number of likely N-dealkylation sites (tertiary alicyclic amines) is 1. The summed E-state index contributed by atoms with van der Waals surface area (Å²) in [6, 6.07) is 14.7. The van der Waals surface area contributed by atoms with Crippen LogP contribution in [0.4, 0.5) is 5.69 Å². The van der Waals surface area contributed by atoms with E-state index in [1.165, 1.54) is 55.7 Å². The Balaban J connectivity index is 1.27. The standard InChI is InChI=1S/C23H29ClN2O/c1-27-21-6-7-22(24)20(14-21)12-17-8-10-26(11-9-17)16-18-13-19-4-2-3-5-23(19)25-15-18/h2-7,14,17-18,25H,8-13,15-16H2,1H3. The first-order valence-electron chi connectivity index (χ1n) is 10.1. The molecule has 0 saturated carbocycles. The van der Waals surface area contributed by atoms with Crippen molar-refractivity contribution in [1.29, 1.82) is 0 Å². The number of nitrogens with one attached hydrogen (secondary N) is 1. The third-order valence-electron chi connectivity index (χ3n) is 6.09. The minimum Gasteiger partial charge on any atom is -0.497 e. The Morgan fingerprint density at radius 1 is 1.11 bits per heavy atom. The second kappa shape index (κ2) is 8.53. The molecular weight excluding hydrogens is 356 g/mol. The van der Waals surface area contributed by atoms with Gasteiger partial charge in [-0.2, -0.15) is 0 Å². The van der Waals surface area contributed by atoms with Gasteiger partial charge in [-0.25, -0.2) is 0 Å². The van der Waals surface area contributed by atoms with Gasteiger partial charge in [0.2, 0.25) is 0 Å². The van der Waals surface area contributed by atoms with Crippen LogP contribution >= 0.6 is 11.6 Å². The number of halogens is 1. The van der Waals surface area contributed by atoms with Crippen molar-refractivity contribution in [3.05, 3.63) is 58.6 Å². The lowest BCUT2D eigenvalue weighted by Gasteiger charge is -2.36. The van der Waals surface area contributed by atoms with Crippen LogP contribution in [-0.2, 0) is 12.8 Å². The maximum atomic E-state index is 6.40. The summed E-state index contributed by atoms with van der Waals surface area (Å²) in [4.78, 5) is 2.66. The molecule has 2 aromatic carbocycles. The van der Waals surface area contributed by atoms with Gasteiger partial charge >= 0.3 is 0 Å². The van der Waals surface area contributed by atoms with Gasteiger partial charge in [0.1, 0.15) is 5.75 Å². The fourth-order valence-electron chi connectivity index (χ4n) is 4.52. The van der Waals surface area contributed by atoms with Crippen molar-refractivity contribution in [2.75, 3.05) is 38.6 Å². The SMILES string of the molecule is COc1ccc(Cl)c(CC2CCN(CC3CNc4ccccc4C3)CC2)c1. The third kappa shape index (κ3) is 4.59. The summed E-state index contributed by atoms with van der Waals surface area (Å²) in [5.41, 5.74) is 4.02. The third-order valence-corrected chi connectivity index (χ3v) is 6.46. The Bertz CT molecular complexity index is 771. The van der Waals surface area contributed by atoms with Gasteiger partial charge in [-0.05, 0) is 86.0 Å². The summed E-state index contributed by atoms with van der Waals surface area (Å²) < 4.78 is 5.35. The second-order valence-corrected chi connectivity index (χ2v) is 8.42. The predicted octanol–water partition coefficient (Wildman–Crippen LogP) is 4.89. The Labute approximate surface area is 167 Å².